The lowest BCUT2D eigenvalue weighted by Gasteiger charge is -2.23. The summed E-state index contributed by atoms with van der Waals surface area (Å²) >= 11 is 0. The van der Waals surface area contributed by atoms with E-state index >= 15 is 0 Å². The number of hydrogen-bond acceptors (Lipinski definition) is 8. The Balaban J connectivity index is 3.07. The van der Waals surface area contributed by atoms with E-state index < -0.39 is 33.7 Å². The summed E-state index contributed by atoms with van der Waals surface area (Å²) in [5.74, 6) is -2.30. The van der Waals surface area contributed by atoms with Gasteiger partial charge in [0.1, 0.15) is 16.9 Å². The number of carbonyl (C=O) groups excluding carboxylic acids is 3. The molecule has 34 heavy (non-hydrogen) atoms. The van der Waals surface area contributed by atoms with E-state index in [2.05, 4.69) is 23.3 Å². The first kappa shape index (κ1) is 28.9. The number of hydrogen-bond donors (Lipinski definition) is 0. The zero-order chi connectivity index (χ0) is 25.5. The lowest BCUT2D eigenvalue weighted by molar-refractivity contribution is -0.385. The second-order valence-electron chi connectivity index (χ2n) is 7.90. The fraction of sp³-hybridized carbons (Fsp3) is 0.625. The lowest BCUT2D eigenvalue weighted by atomic mass is 10.1. The van der Waals surface area contributed by atoms with Gasteiger partial charge in [-0.15, -0.1) is 0 Å². The molecule has 0 fully saturated rings. The van der Waals surface area contributed by atoms with E-state index in [9.17, 15) is 24.5 Å². The van der Waals surface area contributed by atoms with Crippen molar-refractivity contribution in [1.29, 1.82) is 0 Å². The van der Waals surface area contributed by atoms with Crippen molar-refractivity contribution < 1.29 is 33.5 Å². The zero-order valence-corrected chi connectivity index (χ0v) is 20.6. The van der Waals surface area contributed by atoms with Gasteiger partial charge in [-0.3, -0.25) is 14.9 Å². The SMILES string of the molecule is CCCCCCN(CCCCCC)C(=O)COc1cc(C(=O)OC)c([N+](=O)[O-])c(C(=O)OC)c1. The molecule has 0 aliphatic carbocycles. The third-order valence-corrected chi connectivity index (χ3v) is 5.35. The molecule has 0 saturated heterocycles. The van der Waals surface area contributed by atoms with Crippen LogP contribution < -0.4 is 4.74 Å². The van der Waals surface area contributed by atoms with E-state index in [-0.39, 0.29) is 18.3 Å². The molecule has 190 valence electrons. The highest BCUT2D eigenvalue weighted by molar-refractivity contribution is 6.02. The molecule has 1 rings (SSSR count). The summed E-state index contributed by atoms with van der Waals surface area (Å²) in [7, 11) is 2.13. The van der Waals surface area contributed by atoms with E-state index in [1.807, 2.05) is 0 Å². The number of unbranched alkanes of at least 4 members (excludes halogenated alkanes) is 6. The number of amides is 1. The normalized spacial score (nSPS) is 10.5. The molecule has 0 saturated carbocycles. The lowest BCUT2D eigenvalue weighted by Crippen LogP contribution is -2.36. The van der Waals surface area contributed by atoms with Crippen molar-refractivity contribution in [3.8, 4) is 5.75 Å². The quantitative estimate of drug-likeness (QED) is 0.146. The van der Waals surface area contributed by atoms with Crippen LogP contribution in [-0.2, 0) is 14.3 Å². The predicted molar refractivity (Wildman–Crippen MR) is 126 cm³/mol. The molecule has 10 nitrogen and oxygen atoms in total. The van der Waals surface area contributed by atoms with Crippen molar-refractivity contribution >= 4 is 23.5 Å². The Bertz CT molecular complexity index is 791. The minimum atomic E-state index is -1.01. The smallest absolute Gasteiger partial charge is 0.345 e. The number of rotatable bonds is 16. The summed E-state index contributed by atoms with van der Waals surface area (Å²) in [6, 6.07) is 2.19. The predicted octanol–water partition coefficient (Wildman–Crippen LogP) is 4.54. The summed E-state index contributed by atoms with van der Waals surface area (Å²) in [5, 5.41) is 11.5. The number of methoxy groups -OCH3 is 2. The maximum atomic E-state index is 12.9. The van der Waals surface area contributed by atoms with Gasteiger partial charge in [0.05, 0.1) is 19.1 Å². The Hall–Kier alpha value is -3.17. The number of ether oxygens (including phenoxy) is 3. The van der Waals surface area contributed by atoms with Crippen molar-refractivity contribution in [2.45, 2.75) is 65.2 Å². The number of nitrogens with zero attached hydrogens (tertiary/aromatic N) is 2. The second kappa shape index (κ2) is 15.6. The van der Waals surface area contributed by atoms with Gasteiger partial charge in [0.2, 0.25) is 0 Å². The molecule has 0 aliphatic heterocycles. The molecule has 0 aromatic heterocycles. The number of carbonyl (C=O) groups is 3. The fourth-order valence-corrected chi connectivity index (χ4v) is 3.48. The molecule has 0 aliphatic rings. The molecular formula is C24H36N2O8. The third-order valence-electron chi connectivity index (χ3n) is 5.35. The summed E-state index contributed by atoms with van der Waals surface area (Å²) in [6.07, 6.45) is 8.24. The van der Waals surface area contributed by atoms with Crippen LogP contribution in [0.2, 0.25) is 0 Å². The number of benzene rings is 1. The van der Waals surface area contributed by atoms with Crippen LogP contribution >= 0.6 is 0 Å². The van der Waals surface area contributed by atoms with Crippen LogP contribution in [0.5, 0.6) is 5.75 Å². The van der Waals surface area contributed by atoms with E-state index in [0.29, 0.717) is 13.1 Å². The number of esters is 2. The van der Waals surface area contributed by atoms with Crippen LogP contribution in [0.1, 0.15) is 85.9 Å². The monoisotopic (exact) mass is 480 g/mol. The van der Waals surface area contributed by atoms with Crippen molar-refractivity contribution in [2.75, 3.05) is 33.9 Å². The molecule has 0 unspecified atom stereocenters. The Morgan fingerprint density at radius 1 is 0.853 bits per heavy atom. The molecule has 0 heterocycles. The molecule has 0 atom stereocenters. The van der Waals surface area contributed by atoms with E-state index in [0.717, 1.165) is 77.7 Å². The maximum absolute atomic E-state index is 12.9. The molecule has 0 N–H and O–H groups in total. The molecule has 1 aromatic rings. The van der Waals surface area contributed by atoms with E-state index in [1.165, 1.54) is 0 Å². The molecule has 1 aromatic carbocycles. The van der Waals surface area contributed by atoms with Crippen LogP contribution in [0.3, 0.4) is 0 Å². The summed E-state index contributed by atoms with van der Waals surface area (Å²) in [6.45, 7) is 5.15. The average molecular weight is 481 g/mol. The van der Waals surface area contributed by atoms with Crippen molar-refractivity contribution in [3.63, 3.8) is 0 Å². The van der Waals surface area contributed by atoms with Gasteiger partial charge in [0, 0.05) is 25.2 Å². The van der Waals surface area contributed by atoms with Gasteiger partial charge in [-0.2, -0.15) is 0 Å². The fourth-order valence-electron chi connectivity index (χ4n) is 3.48. The first-order chi connectivity index (χ1) is 16.3. The highest BCUT2D eigenvalue weighted by Crippen LogP contribution is 2.31. The number of nitro groups is 1. The summed E-state index contributed by atoms with van der Waals surface area (Å²) in [5.41, 5.74) is -1.67. The van der Waals surface area contributed by atoms with E-state index in [4.69, 9.17) is 4.74 Å². The molecular weight excluding hydrogens is 444 g/mol. The summed E-state index contributed by atoms with van der Waals surface area (Å²) < 4.78 is 14.8. The van der Waals surface area contributed by atoms with Crippen molar-refractivity contribution in [3.05, 3.63) is 33.4 Å². The Labute approximate surface area is 200 Å². The van der Waals surface area contributed by atoms with Crippen LogP contribution in [-0.4, -0.2) is 61.6 Å². The van der Waals surface area contributed by atoms with Gasteiger partial charge >= 0.3 is 11.9 Å². The van der Waals surface area contributed by atoms with Crippen molar-refractivity contribution in [2.24, 2.45) is 0 Å². The molecule has 10 heteroatoms. The highest BCUT2D eigenvalue weighted by atomic mass is 16.6. The molecule has 0 radical (unpaired) electrons. The Morgan fingerprint density at radius 2 is 1.32 bits per heavy atom. The molecule has 0 spiro atoms. The van der Waals surface area contributed by atoms with Gasteiger partial charge in [-0.1, -0.05) is 52.4 Å². The van der Waals surface area contributed by atoms with Crippen LogP contribution in [0.4, 0.5) is 5.69 Å². The Kier molecular flexibility index (Phi) is 13.3. The summed E-state index contributed by atoms with van der Waals surface area (Å²) in [4.78, 5) is 49.6. The van der Waals surface area contributed by atoms with Crippen molar-refractivity contribution in [1.82, 2.24) is 4.90 Å². The topological polar surface area (TPSA) is 125 Å². The van der Waals surface area contributed by atoms with Gasteiger partial charge < -0.3 is 19.1 Å². The first-order valence-electron chi connectivity index (χ1n) is 11.7. The van der Waals surface area contributed by atoms with Gasteiger partial charge in [0.25, 0.3) is 11.6 Å². The second-order valence-corrected chi connectivity index (χ2v) is 7.90. The van der Waals surface area contributed by atoms with Gasteiger partial charge in [0.15, 0.2) is 6.61 Å². The largest absolute Gasteiger partial charge is 0.484 e. The minimum absolute atomic E-state index is 0.0448. The highest BCUT2D eigenvalue weighted by Gasteiger charge is 2.31. The third kappa shape index (κ3) is 8.99. The maximum Gasteiger partial charge on any atom is 0.345 e. The molecule has 1 amide bonds. The van der Waals surface area contributed by atoms with Gasteiger partial charge in [-0.05, 0) is 12.8 Å². The van der Waals surface area contributed by atoms with E-state index in [1.54, 1.807) is 4.90 Å². The van der Waals surface area contributed by atoms with Gasteiger partial charge in [-0.25, -0.2) is 9.59 Å². The zero-order valence-electron chi connectivity index (χ0n) is 20.6. The standard InChI is InChI=1S/C24H36N2O8/c1-5-7-9-11-13-25(14-12-10-8-6-2)21(27)17-34-18-15-19(23(28)32-3)22(26(30)31)20(16-18)24(29)33-4/h15-16H,5-14,17H2,1-4H3. The number of nitro benzene ring substituents is 1. The average Bonchev–Trinajstić information content (AvgIpc) is 2.84. The van der Waals surface area contributed by atoms with Crippen LogP contribution in [0, 0.1) is 10.1 Å². The Morgan fingerprint density at radius 3 is 1.71 bits per heavy atom. The van der Waals surface area contributed by atoms with Crippen LogP contribution in [0.15, 0.2) is 12.1 Å². The first-order valence-corrected chi connectivity index (χ1v) is 11.7. The minimum Gasteiger partial charge on any atom is -0.484 e. The molecule has 0 bridgehead atoms. The van der Waals surface area contributed by atoms with Crippen LogP contribution in [0.25, 0.3) is 0 Å².